The highest BCUT2D eigenvalue weighted by atomic mass is 16.7. The van der Waals surface area contributed by atoms with Crippen LogP contribution in [-0.4, -0.2) is 78.4 Å². The molecule has 43 heavy (non-hydrogen) atoms. The van der Waals surface area contributed by atoms with Crippen LogP contribution in [0.4, 0.5) is 5.82 Å². The van der Waals surface area contributed by atoms with Gasteiger partial charge in [-0.05, 0) is 47.5 Å². The Balaban J connectivity index is 1.09. The third kappa shape index (κ3) is 6.69. The van der Waals surface area contributed by atoms with Gasteiger partial charge in [-0.2, -0.15) is 0 Å². The van der Waals surface area contributed by atoms with Crippen molar-refractivity contribution >= 4 is 17.6 Å². The lowest BCUT2D eigenvalue weighted by molar-refractivity contribution is -0.140. The number of fused-ring (bicyclic) bond motifs is 1. The summed E-state index contributed by atoms with van der Waals surface area (Å²) in [5, 5.41) is 8.87. The number of hydrogen-bond acceptors (Lipinski definition) is 8. The van der Waals surface area contributed by atoms with Gasteiger partial charge < -0.3 is 28.9 Å². The molecule has 0 saturated carbocycles. The predicted molar refractivity (Wildman–Crippen MR) is 161 cm³/mol. The number of piperazine rings is 1. The third-order valence-corrected chi connectivity index (χ3v) is 7.66. The van der Waals surface area contributed by atoms with Crippen molar-refractivity contribution in [3.63, 3.8) is 0 Å². The second-order valence-electron chi connectivity index (χ2n) is 10.5. The molecular weight excluding hydrogens is 546 g/mol. The van der Waals surface area contributed by atoms with Gasteiger partial charge in [0.25, 0.3) is 0 Å². The number of amides is 2. The molecule has 0 N–H and O–H groups in total. The normalized spacial score (nSPS) is 14.0. The van der Waals surface area contributed by atoms with Gasteiger partial charge in [0.05, 0.1) is 19.2 Å². The van der Waals surface area contributed by atoms with Crippen LogP contribution in [0.5, 0.6) is 17.2 Å². The maximum absolute atomic E-state index is 13.5. The number of rotatable bonds is 9. The first-order valence-corrected chi connectivity index (χ1v) is 14.3. The molecule has 6 rings (SSSR count). The Morgan fingerprint density at radius 1 is 0.837 bits per heavy atom. The third-order valence-electron chi connectivity index (χ3n) is 7.66. The highest BCUT2D eigenvalue weighted by molar-refractivity contribution is 5.86. The number of nitrogens with zero attached hydrogens (tertiary/aromatic N) is 5. The van der Waals surface area contributed by atoms with E-state index >= 15 is 0 Å². The fourth-order valence-corrected chi connectivity index (χ4v) is 5.25. The first kappa shape index (κ1) is 28.0. The van der Waals surface area contributed by atoms with Crippen LogP contribution < -0.4 is 19.1 Å². The SMILES string of the molecule is COc1cccc(-c2ccc(N3CCN(C(=O)CN(Cc4ccc5c(c4)OCO5)C(=O)Cc4ccccc4)CC3)nn2)c1. The zero-order chi connectivity index (χ0) is 29.6. The molecule has 0 unspecified atom stereocenters. The van der Waals surface area contributed by atoms with Crippen LogP contribution in [0.15, 0.2) is 84.9 Å². The predicted octanol–water partition coefficient (Wildman–Crippen LogP) is 3.80. The van der Waals surface area contributed by atoms with Gasteiger partial charge in [0.1, 0.15) is 12.3 Å². The Bertz CT molecular complexity index is 1570. The first-order valence-electron chi connectivity index (χ1n) is 14.3. The molecule has 3 aromatic carbocycles. The molecule has 1 fully saturated rings. The second kappa shape index (κ2) is 12.8. The summed E-state index contributed by atoms with van der Waals surface area (Å²) < 4.78 is 16.3. The molecule has 2 amide bonds. The van der Waals surface area contributed by atoms with Gasteiger partial charge in [0.2, 0.25) is 18.6 Å². The van der Waals surface area contributed by atoms with E-state index in [1.54, 1.807) is 12.0 Å². The summed E-state index contributed by atoms with van der Waals surface area (Å²) in [6, 6.07) is 26.8. The van der Waals surface area contributed by atoms with Crippen molar-refractivity contribution < 1.29 is 23.8 Å². The van der Waals surface area contributed by atoms with Crippen LogP contribution in [-0.2, 0) is 22.6 Å². The number of benzene rings is 3. The molecule has 10 nitrogen and oxygen atoms in total. The summed E-state index contributed by atoms with van der Waals surface area (Å²) in [7, 11) is 1.64. The van der Waals surface area contributed by atoms with Gasteiger partial charge in [-0.3, -0.25) is 9.59 Å². The molecule has 3 heterocycles. The zero-order valence-electron chi connectivity index (χ0n) is 24.0. The van der Waals surface area contributed by atoms with E-state index in [1.807, 2.05) is 89.8 Å². The summed E-state index contributed by atoms with van der Waals surface area (Å²) in [5.74, 6) is 2.67. The van der Waals surface area contributed by atoms with E-state index in [1.165, 1.54) is 0 Å². The van der Waals surface area contributed by atoms with Gasteiger partial charge >= 0.3 is 0 Å². The van der Waals surface area contributed by atoms with E-state index in [0.717, 1.165) is 34.0 Å². The quantitative estimate of drug-likeness (QED) is 0.296. The Labute approximate surface area is 250 Å². The molecule has 220 valence electrons. The van der Waals surface area contributed by atoms with Crippen molar-refractivity contribution in [2.45, 2.75) is 13.0 Å². The minimum absolute atomic E-state index is 0.00481. The van der Waals surface area contributed by atoms with Gasteiger partial charge in [-0.15, -0.1) is 10.2 Å². The van der Waals surface area contributed by atoms with Crippen molar-refractivity contribution in [3.8, 4) is 28.5 Å². The van der Waals surface area contributed by atoms with Crippen LogP contribution >= 0.6 is 0 Å². The Hall–Kier alpha value is -5.12. The number of carbonyl (C=O) groups is 2. The number of ether oxygens (including phenoxy) is 3. The Kier molecular flexibility index (Phi) is 8.35. The smallest absolute Gasteiger partial charge is 0.242 e. The molecule has 1 saturated heterocycles. The molecule has 0 bridgehead atoms. The van der Waals surface area contributed by atoms with Gasteiger partial charge in [-0.1, -0.05) is 48.5 Å². The maximum Gasteiger partial charge on any atom is 0.242 e. The van der Waals surface area contributed by atoms with Crippen LogP contribution in [0, 0.1) is 0 Å². The number of carbonyl (C=O) groups excluding carboxylic acids is 2. The highest BCUT2D eigenvalue weighted by Crippen LogP contribution is 2.33. The lowest BCUT2D eigenvalue weighted by Gasteiger charge is -2.36. The number of hydrogen-bond donors (Lipinski definition) is 0. The van der Waals surface area contributed by atoms with Gasteiger partial charge in [0, 0.05) is 38.3 Å². The number of methoxy groups -OCH3 is 1. The zero-order valence-corrected chi connectivity index (χ0v) is 24.0. The Morgan fingerprint density at radius 2 is 1.65 bits per heavy atom. The Morgan fingerprint density at radius 3 is 2.42 bits per heavy atom. The van der Waals surface area contributed by atoms with Crippen molar-refractivity contribution in [2.24, 2.45) is 0 Å². The molecule has 0 aliphatic carbocycles. The lowest BCUT2D eigenvalue weighted by Crippen LogP contribution is -2.52. The largest absolute Gasteiger partial charge is 0.497 e. The van der Waals surface area contributed by atoms with Crippen LogP contribution in [0.3, 0.4) is 0 Å². The first-order chi connectivity index (χ1) is 21.1. The van der Waals surface area contributed by atoms with Crippen molar-refractivity contribution in [1.29, 1.82) is 0 Å². The summed E-state index contributed by atoms with van der Waals surface area (Å²) in [6.07, 6.45) is 0.219. The van der Waals surface area contributed by atoms with E-state index in [0.29, 0.717) is 44.2 Å². The van der Waals surface area contributed by atoms with Crippen molar-refractivity contribution in [2.75, 3.05) is 51.5 Å². The van der Waals surface area contributed by atoms with Crippen LogP contribution in [0.1, 0.15) is 11.1 Å². The molecule has 10 heteroatoms. The molecule has 0 spiro atoms. The molecule has 2 aliphatic rings. The molecule has 4 aromatic rings. The van der Waals surface area contributed by atoms with E-state index in [2.05, 4.69) is 15.1 Å². The van der Waals surface area contributed by atoms with E-state index in [-0.39, 0.29) is 31.6 Å². The number of anilines is 1. The average molecular weight is 580 g/mol. The topological polar surface area (TPSA) is 97.3 Å². The molecule has 0 atom stereocenters. The summed E-state index contributed by atoms with van der Waals surface area (Å²) >= 11 is 0. The summed E-state index contributed by atoms with van der Waals surface area (Å²) in [4.78, 5) is 32.5. The van der Waals surface area contributed by atoms with Crippen LogP contribution in [0.25, 0.3) is 11.3 Å². The van der Waals surface area contributed by atoms with Crippen molar-refractivity contribution in [1.82, 2.24) is 20.0 Å². The summed E-state index contributed by atoms with van der Waals surface area (Å²) in [6.45, 7) is 2.78. The van der Waals surface area contributed by atoms with E-state index in [9.17, 15) is 9.59 Å². The molecule has 2 aliphatic heterocycles. The minimum atomic E-state index is -0.109. The summed E-state index contributed by atoms with van der Waals surface area (Å²) in [5.41, 5.74) is 3.47. The van der Waals surface area contributed by atoms with E-state index in [4.69, 9.17) is 14.2 Å². The average Bonchev–Trinajstić information content (AvgIpc) is 3.53. The standard InChI is InChI=1S/C33H33N5O5/c1-41-27-9-5-8-26(20-27)28-11-13-31(35-34-28)36-14-16-37(17-15-36)33(40)22-38(32(39)19-24-6-3-2-4-7-24)21-25-10-12-29-30(18-25)43-23-42-29/h2-13,18,20H,14-17,19,21-23H2,1H3. The van der Waals surface area contributed by atoms with Crippen molar-refractivity contribution in [3.05, 3.63) is 96.1 Å². The van der Waals surface area contributed by atoms with E-state index < -0.39 is 0 Å². The lowest BCUT2D eigenvalue weighted by atomic mass is 10.1. The van der Waals surface area contributed by atoms with Gasteiger partial charge in [0.15, 0.2) is 17.3 Å². The fourth-order valence-electron chi connectivity index (χ4n) is 5.25. The maximum atomic E-state index is 13.5. The molecule has 1 aromatic heterocycles. The fraction of sp³-hybridized carbons (Fsp3) is 0.273. The van der Waals surface area contributed by atoms with Gasteiger partial charge in [-0.25, -0.2) is 0 Å². The minimum Gasteiger partial charge on any atom is -0.497 e. The number of aromatic nitrogens is 2. The monoisotopic (exact) mass is 579 g/mol. The second-order valence-corrected chi connectivity index (χ2v) is 10.5. The highest BCUT2D eigenvalue weighted by Gasteiger charge is 2.26. The van der Waals surface area contributed by atoms with Crippen LogP contribution in [0.2, 0.25) is 0 Å². The molecular formula is C33H33N5O5. The molecule has 0 radical (unpaired) electrons.